The lowest BCUT2D eigenvalue weighted by atomic mass is 10.1. The fourth-order valence-corrected chi connectivity index (χ4v) is 2.60. The Morgan fingerprint density at radius 3 is 2.83 bits per heavy atom. The van der Waals surface area contributed by atoms with Crippen molar-refractivity contribution in [3.05, 3.63) is 83.3 Å². The summed E-state index contributed by atoms with van der Waals surface area (Å²) in [5.41, 5.74) is 3.20. The first-order chi connectivity index (χ1) is 14.1. The average Bonchev–Trinajstić information content (AvgIpc) is 3.15. The molecule has 29 heavy (non-hydrogen) atoms. The number of rotatable bonds is 5. The molecule has 0 aliphatic carbocycles. The summed E-state index contributed by atoms with van der Waals surface area (Å²) in [6.07, 6.45) is 5.27. The van der Waals surface area contributed by atoms with Crippen molar-refractivity contribution >= 4 is 0 Å². The quantitative estimate of drug-likeness (QED) is 0.483. The predicted octanol–water partition coefficient (Wildman–Crippen LogP) is 4.35. The van der Waals surface area contributed by atoms with Crippen molar-refractivity contribution in [2.24, 2.45) is 0 Å². The standard InChI is InChI=1S/C23H19FN4O/c1-3-7-22(24)29-23-19(9-10-20-8-5-6-11-26-20)16-28(27-23)21-13-17(4-2)12-18(14-21)15-25/h3,5-8,11-14,16,22H,4H2,1-2H3/b7-3+. The van der Waals surface area contributed by atoms with Crippen LogP contribution in [0.4, 0.5) is 4.39 Å². The van der Waals surface area contributed by atoms with Crippen molar-refractivity contribution in [2.45, 2.75) is 26.6 Å². The number of nitrogens with zero attached hydrogens (tertiary/aromatic N) is 4. The molecule has 0 saturated heterocycles. The normalized spacial score (nSPS) is 11.5. The largest absolute Gasteiger partial charge is 0.437 e. The summed E-state index contributed by atoms with van der Waals surface area (Å²) in [5, 5.41) is 13.6. The maximum atomic E-state index is 14.0. The third kappa shape index (κ3) is 5.09. The van der Waals surface area contributed by atoms with Gasteiger partial charge in [-0.15, -0.1) is 5.10 Å². The highest BCUT2D eigenvalue weighted by atomic mass is 19.1. The highest BCUT2D eigenvalue weighted by molar-refractivity contribution is 5.49. The van der Waals surface area contributed by atoms with Crippen LogP contribution in [0.25, 0.3) is 5.69 Å². The van der Waals surface area contributed by atoms with Crippen LogP contribution in [0.5, 0.6) is 5.88 Å². The molecule has 1 atom stereocenters. The Morgan fingerprint density at radius 1 is 1.28 bits per heavy atom. The molecule has 0 aliphatic heterocycles. The van der Waals surface area contributed by atoms with Gasteiger partial charge in [-0.25, -0.2) is 9.67 Å². The zero-order valence-electron chi connectivity index (χ0n) is 16.1. The maximum absolute atomic E-state index is 14.0. The first-order valence-corrected chi connectivity index (χ1v) is 9.13. The molecule has 0 spiro atoms. The highest BCUT2D eigenvalue weighted by Gasteiger charge is 2.14. The van der Waals surface area contributed by atoms with Crippen LogP contribution in [-0.4, -0.2) is 21.1 Å². The first-order valence-electron chi connectivity index (χ1n) is 9.13. The summed E-state index contributed by atoms with van der Waals surface area (Å²) < 4.78 is 20.9. The molecule has 6 heteroatoms. The number of hydrogen-bond acceptors (Lipinski definition) is 4. The highest BCUT2D eigenvalue weighted by Crippen LogP contribution is 2.22. The smallest absolute Gasteiger partial charge is 0.259 e. The molecule has 3 rings (SSSR count). The number of aryl methyl sites for hydroxylation is 1. The molecule has 1 unspecified atom stereocenters. The molecule has 0 fully saturated rings. The third-order valence-corrected chi connectivity index (χ3v) is 4.02. The molecule has 2 aromatic heterocycles. The van der Waals surface area contributed by atoms with Gasteiger partial charge in [0.2, 0.25) is 0 Å². The fourth-order valence-electron chi connectivity index (χ4n) is 2.60. The van der Waals surface area contributed by atoms with Gasteiger partial charge in [0, 0.05) is 6.20 Å². The van der Waals surface area contributed by atoms with Gasteiger partial charge in [0.25, 0.3) is 12.2 Å². The molecule has 144 valence electrons. The molecule has 2 heterocycles. The zero-order chi connectivity index (χ0) is 20.6. The number of aromatic nitrogens is 3. The second-order valence-electron chi connectivity index (χ2n) is 6.11. The van der Waals surface area contributed by atoms with Gasteiger partial charge in [0.15, 0.2) is 0 Å². The zero-order valence-corrected chi connectivity index (χ0v) is 16.1. The summed E-state index contributed by atoms with van der Waals surface area (Å²) >= 11 is 0. The van der Waals surface area contributed by atoms with Gasteiger partial charge >= 0.3 is 0 Å². The number of alkyl halides is 1. The van der Waals surface area contributed by atoms with Crippen molar-refractivity contribution in [3.8, 4) is 29.5 Å². The molecule has 0 amide bonds. The first kappa shape index (κ1) is 19.9. The number of ether oxygens (including phenoxy) is 1. The van der Waals surface area contributed by atoms with E-state index >= 15 is 0 Å². The van der Waals surface area contributed by atoms with Crippen molar-refractivity contribution in [2.75, 3.05) is 0 Å². The monoisotopic (exact) mass is 386 g/mol. The Bertz CT molecular complexity index is 1120. The maximum Gasteiger partial charge on any atom is 0.259 e. The van der Waals surface area contributed by atoms with Crippen molar-refractivity contribution < 1.29 is 9.13 Å². The summed E-state index contributed by atoms with van der Waals surface area (Å²) in [6, 6.07) is 13.0. The van der Waals surface area contributed by atoms with E-state index in [4.69, 9.17) is 4.74 Å². The number of hydrogen-bond donors (Lipinski definition) is 0. The Labute approximate surface area is 169 Å². The van der Waals surface area contributed by atoms with Gasteiger partial charge in [-0.05, 0) is 61.2 Å². The van der Waals surface area contributed by atoms with E-state index in [0.717, 1.165) is 12.0 Å². The molecule has 0 N–H and O–H groups in total. The Balaban J connectivity index is 2.05. The van der Waals surface area contributed by atoms with Crippen molar-refractivity contribution in [1.82, 2.24) is 14.8 Å². The molecule has 0 bridgehead atoms. The van der Waals surface area contributed by atoms with E-state index in [-0.39, 0.29) is 5.88 Å². The van der Waals surface area contributed by atoms with Crippen LogP contribution in [0.1, 0.15) is 36.2 Å². The van der Waals surface area contributed by atoms with Gasteiger partial charge in [0.1, 0.15) is 11.3 Å². The molecule has 0 aliphatic rings. The van der Waals surface area contributed by atoms with Crippen LogP contribution in [-0.2, 0) is 6.42 Å². The van der Waals surface area contributed by atoms with Gasteiger partial charge in [0.05, 0.1) is 23.5 Å². The van der Waals surface area contributed by atoms with Crippen LogP contribution in [0.2, 0.25) is 0 Å². The van der Waals surface area contributed by atoms with Crippen LogP contribution in [0, 0.1) is 23.2 Å². The number of halogens is 1. The number of allylic oxidation sites excluding steroid dienone is 1. The minimum atomic E-state index is -1.64. The van der Waals surface area contributed by atoms with Gasteiger partial charge < -0.3 is 4.74 Å². The summed E-state index contributed by atoms with van der Waals surface area (Å²) in [7, 11) is 0. The van der Waals surface area contributed by atoms with Gasteiger partial charge in [-0.1, -0.05) is 25.0 Å². The number of benzene rings is 1. The summed E-state index contributed by atoms with van der Waals surface area (Å²) in [6.45, 7) is 3.71. The SMILES string of the molecule is C/C=C/C(F)Oc1nn(-c2cc(C#N)cc(CC)c2)cc1C#Cc1ccccn1. The lowest BCUT2D eigenvalue weighted by Gasteiger charge is -2.06. The molecular weight excluding hydrogens is 367 g/mol. The van der Waals surface area contributed by atoms with E-state index in [1.165, 1.54) is 6.08 Å². The van der Waals surface area contributed by atoms with Gasteiger partial charge in [-0.2, -0.15) is 9.65 Å². The van der Waals surface area contributed by atoms with Crippen LogP contribution in [0.15, 0.2) is 60.9 Å². The molecule has 1 aromatic carbocycles. The second-order valence-corrected chi connectivity index (χ2v) is 6.11. The lowest BCUT2D eigenvalue weighted by Crippen LogP contribution is -2.07. The van der Waals surface area contributed by atoms with Crippen molar-refractivity contribution in [3.63, 3.8) is 0 Å². The lowest BCUT2D eigenvalue weighted by molar-refractivity contribution is 0.107. The van der Waals surface area contributed by atoms with Gasteiger partial charge in [-0.3, -0.25) is 0 Å². The molecule has 3 aromatic rings. The number of nitriles is 1. The average molecular weight is 386 g/mol. The minimum Gasteiger partial charge on any atom is -0.437 e. The Kier molecular flexibility index (Phi) is 6.40. The van der Waals surface area contributed by atoms with E-state index in [9.17, 15) is 9.65 Å². The molecule has 0 radical (unpaired) electrons. The predicted molar refractivity (Wildman–Crippen MR) is 108 cm³/mol. The van der Waals surface area contributed by atoms with Crippen LogP contribution >= 0.6 is 0 Å². The van der Waals surface area contributed by atoms with E-state index in [0.29, 0.717) is 22.5 Å². The number of pyridine rings is 1. The topological polar surface area (TPSA) is 63.7 Å². The molecule has 0 saturated carbocycles. The molecular formula is C23H19FN4O. The van der Waals surface area contributed by atoms with E-state index in [2.05, 4.69) is 28.0 Å². The Hall–Kier alpha value is -3.90. The Morgan fingerprint density at radius 2 is 2.14 bits per heavy atom. The van der Waals surface area contributed by atoms with E-state index in [1.807, 2.05) is 25.1 Å². The van der Waals surface area contributed by atoms with E-state index < -0.39 is 6.36 Å². The fraction of sp³-hybridized carbons (Fsp3) is 0.174. The minimum absolute atomic E-state index is 0.0689. The second kappa shape index (κ2) is 9.34. The summed E-state index contributed by atoms with van der Waals surface area (Å²) in [5.74, 6) is 5.95. The summed E-state index contributed by atoms with van der Waals surface area (Å²) in [4.78, 5) is 4.16. The van der Waals surface area contributed by atoms with Crippen molar-refractivity contribution in [1.29, 1.82) is 5.26 Å². The van der Waals surface area contributed by atoms with Crippen LogP contribution in [0.3, 0.4) is 0 Å². The third-order valence-electron chi connectivity index (χ3n) is 4.02. The van der Waals surface area contributed by atoms with Crippen LogP contribution < -0.4 is 4.74 Å². The molecule has 5 nitrogen and oxygen atoms in total. The van der Waals surface area contributed by atoms with E-state index in [1.54, 1.807) is 48.3 Å².